The van der Waals surface area contributed by atoms with Crippen LogP contribution in [0.2, 0.25) is 0 Å². The minimum atomic E-state index is -3.63. The molecule has 9 nitrogen and oxygen atoms in total. The Labute approximate surface area is 225 Å². The number of carbonyl (C=O) groups is 1. The summed E-state index contributed by atoms with van der Waals surface area (Å²) in [4.78, 5) is 15.9. The largest absolute Gasteiger partial charge is 0.385 e. The standard InChI is InChI=1S/C28H39N5O4S/c1-20-7-8-23(32-14-11-29-12-15-32)17-26(20)30-28(34)22(3)33-19-21(2)25-18-24(9-10-27(25)33)38(35,36)31(4)13-6-16-37-5/h7-10,17-19,22,29H,6,11-16H2,1-5H3,(H,30,34). The molecule has 2 aromatic carbocycles. The first-order valence-electron chi connectivity index (χ1n) is 13.1. The van der Waals surface area contributed by atoms with E-state index in [-0.39, 0.29) is 10.8 Å². The van der Waals surface area contributed by atoms with Crippen molar-refractivity contribution in [1.82, 2.24) is 14.2 Å². The summed E-state index contributed by atoms with van der Waals surface area (Å²) >= 11 is 0. The normalized spacial score (nSPS) is 15.3. The number of anilines is 2. The fourth-order valence-corrected chi connectivity index (χ4v) is 6.08. The maximum Gasteiger partial charge on any atom is 0.247 e. The Bertz CT molecular complexity index is 1400. The highest BCUT2D eigenvalue weighted by molar-refractivity contribution is 7.89. The number of benzene rings is 2. The molecule has 0 bridgehead atoms. The number of aryl methyl sites for hydroxylation is 2. The molecule has 1 saturated heterocycles. The minimum Gasteiger partial charge on any atom is -0.385 e. The number of rotatable bonds is 10. The number of aromatic nitrogens is 1. The highest BCUT2D eigenvalue weighted by Gasteiger charge is 2.24. The number of fused-ring (bicyclic) bond motifs is 1. The third-order valence-corrected chi connectivity index (χ3v) is 9.14. The molecule has 2 N–H and O–H groups in total. The molecule has 1 unspecified atom stereocenters. The molecular formula is C28H39N5O4S. The Hall–Kier alpha value is -2.92. The van der Waals surface area contributed by atoms with Crippen LogP contribution in [0.3, 0.4) is 0 Å². The van der Waals surface area contributed by atoms with Gasteiger partial charge in [-0.1, -0.05) is 6.07 Å². The average molecular weight is 542 g/mol. The van der Waals surface area contributed by atoms with Crippen molar-refractivity contribution in [2.45, 2.75) is 38.1 Å². The van der Waals surface area contributed by atoms with Crippen molar-refractivity contribution < 1.29 is 17.9 Å². The van der Waals surface area contributed by atoms with E-state index in [1.165, 1.54) is 4.31 Å². The van der Waals surface area contributed by atoms with Gasteiger partial charge in [0.15, 0.2) is 0 Å². The Balaban J connectivity index is 1.55. The average Bonchev–Trinajstić information content (AvgIpc) is 3.25. The fourth-order valence-electron chi connectivity index (χ4n) is 4.84. The van der Waals surface area contributed by atoms with Gasteiger partial charge in [0, 0.05) is 82.0 Å². The lowest BCUT2D eigenvalue weighted by molar-refractivity contribution is -0.118. The van der Waals surface area contributed by atoms with E-state index in [0.717, 1.165) is 59.6 Å². The molecule has 1 aliphatic heterocycles. The molecule has 0 saturated carbocycles. The lowest BCUT2D eigenvalue weighted by atomic mass is 10.1. The number of hydrogen-bond acceptors (Lipinski definition) is 6. The fraction of sp³-hybridized carbons (Fsp3) is 0.464. The minimum absolute atomic E-state index is 0.128. The highest BCUT2D eigenvalue weighted by Crippen LogP contribution is 2.29. The molecule has 1 aliphatic rings. The molecular weight excluding hydrogens is 502 g/mol. The second-order valence-corrected chi connectivity index (χ2v) is 12.0. The number of piperazine rings is 1. The molecule has 206 valence electrons. The van der Waals surface area contributed by atoms with Gasteiger partial charge in [0.1, 0.15) is 6.04 Å². The third kappa shape index (κ3) is 5.88. The van der Waals surface area contributed by atoms with Crippen LogP contribution in [-0.2, 0) is 19.6 Å². The van der Waals surface area contributed by atoms with Gasteiger partial charge in [0.2, 0.25) is 15.9 Å². The van der Waals surface area contributed by atoms with E-state index < -0.39 is 16.1 Å². The SMILES string of the molecule is COCCCN(C)S(=O)(=O)c1ccc2c(c1)c(C)cn2C(C)C(=O)Nc1cc(N2CCNCC2)ccc1C. The summed E-state index contributed by atoms with van der Waals surface area (Å²) < 4.78 is 34.5. The smallest absolute Gasteiger partial charge is 0.247 e. The quantitative estimate of drug-likeness (QED) is 0.382. The van der Waals surface area contributed by atoms with E-state index in [9.17, 15) is 13.2 Å². The van der Waals surface area contributed by atoms with Crippen molar-refractivity contribution in [3.8, 4) is 0 Å². The topological polar surface area (TPSA) is 95.9 Å². The number of nitrogens with one attached hydrogen (secondary N) is 2. The van der Waals surface area contributed by atoms with Gasteiger partial charge in [0.05, 0.1) is 4.90 Å². The van der Waals surface area contributed by atoms with Gasteiger partial charge in [-0.25, -0.2) is 12.7 Å². The number of amides is 1. The second-order valence-electron chi connectivity index (χ2n) is 9.97. The molecule has 0 aliphatic carbocycles. The van der Waals surface area contributed by atoms with Gasteiger partial charge in [-0.3, -0.25) is 4.79 Å². The van der Waals surface area contributed by atoms with Crippen LogP contribution >= 0.6 is 0 Å². The number of hydrogen-bond donors (Lipinski definition) is 2. The molecule has 1 amide bonds. The van der Waals surface area contributed by atoms with Crippen molar-refractivity contribution >= 4 is 38.2 Å². The zero-order chi connectivity index (χ0) is 27.4. The van der Waals surface area contributed by atoms with E-state index >= 15 is 0 Å². The van der Waals surface area contributed by atoms with E-state index in [1.54, 1.807) is 32.4 Å². The summed E-state index contributed by atoms with van der Waals surface area (Å²) in [6.45, 7) is 10.4. The third-order valence-electron chi connectivity index (χ3n) is 7.29. The molecule has 0 radical (unpaired) electrons. The second kappa shape index (κ2) is 11.9. The molecule has 3 aromatic rings. The first-order valence-corrected chi connectivity index (χ1v) is 14.5. The van der Waals surface area contributed by atoms with Crippen molar-refractivity contribution in [1.29, 1.82) is 0 Å². The Morgan fingerprint density at radius 3 is 2.58 bits per heavy atom. The van der Waals surface area contributed by atoms with E-state index in [4.69, 9.17) is 4.74 Å². The summed E-state index contributed by atoms with van der Waals surface area (Å²) in [5.74, 6) is -0.128. The first-order chi connectivity index (χ1) is 18.1. The molecule has 1 atom stereocenters. The zero-order valence-corrected chi connectivity index (χ0v) is 23.8. The van der Waals surface area contributed by atoms with Gasteiger partial charge in [0.25, 0.3) is 0 Å². The number of nitrogens with zero attached hydrogens (tertiary/aromatic N) is 3. The predicted molar refractivity (Wildman–Crippen MR) is 153 cm³/mol. The summed E-state index contributed by atoms with van der Waals surface area (Å²) in [6.07, 6.45) is 2.53. The van der Waals surface area contributed by atoms with Gasteiger partial charge in [-0.2, -0.15) is 0 Å². The summed E-state index contributed by atoms with van der Waals surface area (Å²) in [5.41, 5.74) is 4.63. The molecule has 38 heavy (non-hydrogen) atoms. The van der Waals surface area contributed by atoms with Gasteiger partial charge < -0.3 is 24.8 Å². The van der Waals surface area contributed by atoms with Crippen LogP contribution in [0.15, 0.2) is 47.5 Å². The van der Waals surface area contributed by atoms with Crippen LogP contribution in [0.4, 0.5) is 11.4 Å². The van der Waals surface area contributed by atoms with Crippen molar-refractivity contribution in [3.05, 3.63) is 53.7 Å². The zero-order valence-electron chi connectivity index (χ0n) is 23.0. The van der Waals surface area contributed by atoms with Crippen molar-refractivity contribution in [2.24, 2.45) is 0 Å². The van der Waals surface area contributed by atoms with Crippen LogP contribution in [0.1, 0.15) is 30.5 Å². The van der Waals surface area contributed by atoms with Crippen molar-refractivity contribution in [3.63, 3.8) is 0 Å². The predicted octanol–water partition coefficient (Wildman–Crippen LogP) is 3.52. The Morgan fingerprint density at radius 2 is 1.87 bits per heavy atom. The van der Waals surface area contributed by atoms with Crippen molar-refractivity contribution in [2.75, 3.05) is 63.7 Å². The van der Waals surface area contributed by atoms with Gasteiger partial charge in [-0.15, -0.1) is 0 Å². The van der Waals surface area contributed by atoms with Crippen LogP contribution in [0.5, 0.6) is 0 Å². The monoisotopic (exact) mass is 541 g/mol. The van der Waals surface area contributed by atoms with Crippen LogP contribution in [0, 0.1) is 13.8 Å². The van der Waals surface area contributed by atoms with E-state index in [1.807, 2.05) is 43.7 Å². The number of ether oxygens (including phenoxy) is 1. The Kier molecular flexibility index (Phi) is 8.77. The molecule has 10 heteroatoms. The van der Waals surface area contributed by atoms with Gasteiger partial charge in [-0.05, 0) is 68.7 Å². The summed E-state index contributed by atoms with van der Waals surface area (Å²) in [6, 6.07) is 10.8. The first kappa shape index (κ1) is 28.1. The molecule has 1 fully saturated rings. The van der Waals surface area contributed by atoms with Crippen LogP contribution < -0.4 is 15.5 Å². The highest BCUT2D eigenvalue weighted by atomic mass is 32.2. The van der Waals surface area contributed by atoms with Crippen LogP contribution in [-0.4, -0.2) is 76.7 Å². The van der Waals surface area contributed by atoms with Crippen LogP contribution in [0.25, 0.3) is 10.9 Å². The molecule has 2 heterocycles. The molecule has 1 aromatic heterocycles. The van der Waals surface area contributed by atoms with E-state index in [2.05, 4.69) is 21.6 Å². The molecule has 4 rings (SSSR count). The number of methoxy groups -OCH3 is 1. The Morgan fingerprint density at radius 1 is 1.13 bits per heavy atom. The molecule has 0 spiro atoms. The summed E-state index contributed by atoms with van der Waals surface area (Å²) in [5, 5.41) is 7.30. The number of sulfonamides is 1. The number of carbonyl (C=O) groups excluding carboxylic acids is 1. The maximum absolute atomic E-state index is 13.4. The maximum atomic E-state index is 13.4. The summed E-state index contributed by atoms with van der Waals surface area (Å²) in [7, 11) is -0.450. The van der Waals surface area contributed by atoms with E-state index in [0.29, 0.717) is 19.6 Å². The lowest BCUT2D eigenvalue weighted by Crippen LogP contribution is -2.43. The van der Waals surface area contributed by atoms with Gasteiger partial charge >= 0.3 is 0 Å². The lowest BCUT2D eigenvalue weighted by Gasteiger charge is -2.30.